The van der Waals surface area contributed by atoms with Gasteiger partial charge in [-0.05, 0) is 62.1 Å². The lowest BCUT2D eigenvalue weighted by atomic mass is 9.99. The van der Waals surface area contributed by atoms with Gasteiger partial charge in [0.1, 0.15) is 5.60 Å². The smallest absolute Gasteiger partial charge is 0.410 e. The van der Waals surface area contributed by atoms with Crippen LogP contribution in [-0.2, 0) is 41.3 Å². The third-order valence-corrected chi connectivity index (χ3v) is 7.22. The standard InChI is InChI=1S/C25H30N4O4S/c1-25(2,3)33-24(30)28-15-12-20-16-22(11-10-21(20)18-28)29(17-19-8-6-5-7-9-19)34(31,32)23-13-14-27(4)26-23/h5-11,13-14,16H,12,15,17-18H2,1-4H3. The molecule has 1 aliphatic rings. The Balaban J connectivity index is 1.65. The number of rotatable bonds is 5. The molecule has 0 saturated heterocycles. The van der Waals surface area contributed by atoms with E-state index in [-0.39, 0.29) is 17.7 Å². The topological polar surface area (TPSA) is 84.7 Å². The van der Waals surface area contributed by atoms with E-state index < -0.39 is 15.6 Å². The van der Waals surface area contributed by atoms with E-state index in [0.717, 1.165) is 16.7 Å². The maximum atomic E-state index is 13.6. The van der Waals surface area contributed by atoms with Gasteiger partial charge in [0.2, 0.25) is 0 Å². The summed E-state index contributed by atoms with van der Waals surface area (Å²) in [5, 5.41) is 4.15. The number of carbonyl (C=O) groups is 1. The van der Waals surface area contributed by atoms with Crippen molar-refractivity contribution < 1.29 is 17.9 Å². The van der Waals surface area contributed by atoms with Gasteiger partial charge in [0, 0.05) is 26.3 Å². The third-order valence-electron chi connectivity index (χ3n) is 5.55. The first-order valence-corrected chi connectivity index (χ1v) is 12.6. The summed E-state index contributed by atoms with van der Waals surface area (Å²) < 4.78 is 35.5. The highest BCUT2D eigenvalue weighted by Gasteiger charge is 2.30. The van der Waals surface area contributed by atoms with Crippen LogP contribution in [0.25, 0.3) is 0 Å². The van der Waals surface area contributed by atoms with Gasteiger partial charge in [-0.2, -0.15) is 13.5 Å². The van der Waals surface area contributed by atoms with Gasteiger partial charge < -0.3 is 9.64 Å². The van der Waals surface area contributed by atoms with Crippen LogP contribution in [0.15, 0.2) is 65.8 Å². The molecule has 1 aromatic heterocycles. The van der Waals surface area contributed by atoms with Crippen LogP contribution in [-0.4, -0.2) is 41.3 Å². The molecule has 4 rings (SSSR count). The normalized spacial score (nSPS) is 13.9. The zero-order valence-electron chi connectivity index (χ0n) is 19.9. The molecule has 180 valence electrons. The van der Waals surface area contributed by atoms with E-state index in [1.807, 2.05) is 63.2 Å². The highest BCUT2D eigenvalue weighted by molar-refractivity contribution is 7.92. The number of sulfonamides is 1. The summed E-state index contributed by atoms with van der Waals surface area (Å²) in [6, 6.07) is 16.6. The van der Waals surface area contributed by atoms with Crippen molar-refractivity contribution in [2.45, 2.75) is 50.9 Å². The maximum Gasteiger partial charge on any atom is 0.410 e. The highest BCUT2D eigenvalue weighted by atomic mass is 32.2. The van der Waals surface area contributed by atoms with E-state index in [1.54, 1.807) is 24.2 Å². The van der Waals surface area contributed by atoms with Crippen LogP contribution >= 0.6 is 0 Å². The lowest BCUT2D eigenvalue weighted by Gasteiger charge is -2.32. The zero-order valence-corrected chi connectivity index (χ0v) is 20.7. The Kier molecular flexibility index (Phi) is 6.40. The molecule has 1 aliphatic heterocycles. The molecule has 0 unspecified atom stereocenters. The van der Waals surface area contributed by atoms with Gasteiger partial charge in [0.15, 0.2) is 5.03 Å². The molecule has 0 spiro atoms. The van der Waals surface area contributed by atoms with E-state index in [0.29, 0.717) is 25.2 Å². The summed E-state index contributed by atoms with van der Waals surface area (Å²) in [5.74, 6) is 0. The number of nitrogens with zero attached hydrogens (tertiary/aromatic N) is 4. The molecule has 34 heavy (non-hydrogen) atoms. The molecule has 3 aromatic rings. The van der Waals surface area contributed by atoms with Gasteiger partial charge in [-0.1, -0.05) is 36.4 Å². The second-order valence-electron chi connectivity index (χ2n) is 9.43. The Hall–Kier alpha value is -3.33. The number of aromatic nitrogens is 2. The van der Waals surface area contributed by atoms with Crippen molar-refractivity contribution in [2.75, 3.05) is 10.8 Å². The molecule has 8 nitrogen and oxygen atoms in total. The van der Waals surface area contributed by atoms with Crippen molar-refractivity contribution >= 4 is 21.8 Å². The summed E-state index contributed by atoms with van der Waals surface area (Å²) in [6.07, 6.45) is 1.89. The average Bonchev–Trinajstić information content (AvgIpc) is 3.23. The molecular weight excluding hydrogens is 452 g/mol. The van der Waals surface area contributed by atoms with Gasteiger partial charge in [0.05, 0.1) is 12.2 Å². The summed E-state index contributed by atoms with van der Waals surface area (Å²) in [7, 11) is -2.20. The predicted octanol–water partition coefficient (Wildman–Crippen LogP) is 4.11. The van der Waals surface area contributed by atoms with Crippen LogP contribution in [0, 0.1) is 0 Å². The number of ether oxygens (including phenoxy) is 1. The molecule has 0 aliphatic carbocycles. The second kappa shape index (κ2) is 9.13. The van der Waals surface area contributed by atoms with Gasteiger partial charge in [-0.25, -0.2) is 4.79 Å². The number of aryl methyl sites for hydroxylation is 1. The Bertz CT molecular complexity index is 1280. The molecule has 0 N–H and O–H groups in total. The number of carbonyl (C=O) groups excluding carboxylic acids is 1. The zero-order chi connectivity index (χ0) is 24.5. The molecule has 0 radical (unpaired) electrons. The fraction of sp³-hybridized carbons (Fsp3) is 0.360. The van der Waals surface area contributed by atoms with Crippen molar-refractivity contribution in [3.8, 4) is 0 Å². The van der Waals surface area contributed by atoms with E-state index in [2.05, 4.69) is 5.10 Å². The number of amides is 1. The summed E-state index contributed by atoms with van der Waals surface area (Å²) in [6.45, 7) is 6.66. The van der Waals surface area contributed by atoms with Crippen LogP contribution in [0.2, 0.25) is 0 Å². The number of fused-ring (bicyclic) bond motifs is 1. The van der Waals surface area contributed by atoms with E-state index in [4.69, 9.17) is 4.74 Å². The second-order valence-corrected chi connectivity index (χ2v) is 11.2. The molecule has 0 fully saturated rings. The lowest BCUT2D eigenvalue weighted by molar-refractivity contribution is 0.0224. The Morgan fingerprint density at radius 3 is 2.47 bits per heavy atom. The summed E-state index contributed by atoms with van der Waals surface area (Å²) in [5.41, 5.74) is 2.89. The van der Waals surface area contributed by atoms with Crippen molar-refractivity contribution in [2.24, 2.45) is 7.05 Å². The first-order chi connectivity index (χ1) is 16.0. The maximum absolute atomic E-state index is 13.6. The average molecular weight is 483 g/mol. The SMILES string of the molecule is Cn1ccc(S(=O)(=O)N(Cc2ccccc2)c2ccc3c(c2)CCN(C(=O)OC(C)(C)C)C3)n1. The van der Waals surface area contributed by atoms with E-state index >= 15 is 0 Å². The van der Waals surface area contributed by atoms with Crippen LogP contribution < -0.4 is 4.31 Å². The quantitative estimate of drug-likeness (QED) is 0.546. The molecule has 1 amide bonds. The molecule has 0 bridgehead atoms. The monoisotopic (exact) mass is 482 g/mol. The van der Waals surface area contributed by atoms with Gasteiger partial charge in [0.25, 0.3) is 10.0 Å². The van der Waals surface area contributed by atoms with Gasteiger partial charge >= 0.3 is 6.09 Å². The minimum atomic E-state index is -3.89. The predicted molar refractivity (Wildman–Crippen MR) is 130 cm³/mol. The van der Waals surface area contributed by atoms with Gasteiger partial charge in [-0.3, -0.25) is 8.99 Å². The number of benzene rings is 2. The first-order valence-electron chi connectivity index (χ1n) is 11.2. The summed E-state index contributed by atoms with van der Waals surface area (Å²) in [4.78, 5) is 14.2. The van der Waals surface area contributed by atoms with Gasteiger partial charge in [-0.15, -0.1) is 0 Å². The van der Waals surface area contributed by atoms with Crippen molar-refractivity contribution in [3.63, 3.8) is 0 Å². The highest BCUT2D eigenvalue weighted by Crippen LogP contribution is 2.30. The number of hydrogen-bond donors (Lipinski definition) is 0. The van der Waals surface area contributed by atoms with Crippen molar-refractivity contribution in [1.29, 1.82) is 0 Å². The van der Waals surface area contributed by atoms with Crippen LogP contribution in [0.5, 0.6) is 0 Å². The van der Waals surface area contributed by atoms with Crippen LogP contribution in [0.3, 0.4) is 0 Å². The fourth-order valence-corrected chi connectivity index (χ4v) is 5.29. The Morgan fingerprint density at radius 1 is 1.09 bits per heavy atom. The molecule has 2 aromatic carbocycles. The largest absolute Gasteiger partial charge is 0.444 e. The Morgan fingerprint density at radius 2 is 1.82 bits per heavy atom. The van der Waals surface area contributed by atoms with Crippen molar-refractivity contribution in [1.82, 2.24) is 14.7 Å². The van der Waals surface area contributed by atoms with E-state index in [9.17, 15) is 13.2 Å². The number of hydrogen-bond acceptors (Lipinski definition) is 5. The third kappa shape index (κ3) is 5.25. The van der Waals surface area contributed by atoms with Crippen LogP contribution in [0.4, 0.5) is 10.5 Å². The molecule has 9 heteroatoms. The number of anilines is 1. The fourth-order valence-electron chi connectivity index (χ4n) is 3.89. The summed E-state index contributed by atoms with van der Waals surface area (Å²) >= 11 is 0. The molecule has 2 heterocycles. The minimum absolute atomic E-state index is 0.000229. The Labute approximate surface area is 200 Å². The minimum Gasteiger partial charge on any atom is -0.444 e. The van der Waals surface area contributed by atoms with Crippen molar-refractivity contribution in [3.05, 3.63) is 77.5 Å². The molecule has 0 saturated carbocycles. The molecular formula is C25H30N4O4S. The first kappa shape index (κ1) is 23.8. The lowest BCUT2D eigenvalue weighted by Crippen LogP contribution is -2.40. The van der Waals surface area contributed by atoms with Crippen LogP contribution in [0.1, 0.15) is 37.5 Å². The molecule has 0 atom stereocenters. The van der Waals surface area contributed by atoms with E-state index in [1.165, 1.54) is 15.1 Å².